The molecule has 0 saturated carbocycles. The lowest BCUT2D eigenvalue weighted by Crippen LogP contribution is -2.44. The van der Waals surface area contributed by atoms with Crippen molar-refractivity contribution >= 4 is 38.7 Å². The lowest BCUT2D eigenvalue weighted by atomic mass is 9.98. The van der Waals surface area contributed by atoms with Crippen molar-refractivity contribution < 1.29 is 23.1 Å². The van der Waals surface area contributed by atoms with Crippen LogP contribution in [0.2, 0.25) is 0 Å². The lowest BCUT2D eigenvalue weighted by Gasteiger charge is -2.31. The van der Waals surface area contributed by atoms with Crippen LogP contribution in [0.25, 0.3) is 10.2 Å². The number of anilines is 1. The molecular weight excluding hydrogens is 352 g/mol. The summed E-state index contributed by atoms with van der Waals surface area (Å²) in [6, 6.07) is 1.50. The van der Waals surface area contributed by atoms with Gasteiger partial charge in [-0.25, -0.2) is 18.6 Å². The number of nitrogens with one attached hydrogen (secondary N) is 1. The third kappa shape index (κ3) is 3.87. The first kappa shape index (κ1) is 17.5. The zero-order valence-corrected chi connectivity index (χ0v) is 14.4. The SMILES string of the molecule is CCOC(=O)C1CCCN(C(=O)Nc2nc3c(F)cc(F)cc3s2)C1. The first-order valence-corrected chi connectivity index (χ1v) is 8.77. The van der Waals surface area contributed by atoms with E-state index < -0.39 is 17.7 Å². The summed E-state index contributed by atoms with van der Waals surface area (Å²) >= 11 is 0.992. The van der Waals surface area contributed by atoms with E-state index in [1.54, 1.807) is 6.92 Å². The summed E-state index contributed by atoms with van der Waals surface area (Å²) in [5, 5.41) is 2.78. The van der Waals surface area contributed by atoms with E-state index in [0.717, 1.165) is 17.4 Å². The Morgan fingerprint density at radius 3 is 3.00 bits per heavy atom. The number of likely N-dealkylation sites (tertiary alicyclic amines) is 1. The summed E-state index contributed by atoms with van der Waals surface area (Å²) in [5.41, 5.74) is 0.0183. The second-order valence-corrected chi connectivity index (χ2v) is 6.75. The maximum atomic E-state index is 13.7. The first-order chi connectivity index (χ1) is 12.0. The van der Waals surface area contributed by atoms with Crippen LogP contribution in [0.15, 0.2) is 12.1 Å². The molecule has 3 rings (SSSR count). The summed E-state index contributed by atoms with van der Waals surface area (Å²) in [5.74, 6) is -2.12. The quantitative estimate of drug-likeness (QED) is 0.842. The highest BCUT2D eigenvalue weighted by molar-refractivity contribution is 7.22. The van der Waals surface area contributed by atoms with Gasteiger partial charge in [0, 0.05) is 19.2 Å². The fraction of sp³-hybridized carbons (Fsp3) is 0.438. The predicted molar refractivity (Wildman–Crippen MR) is 89.5 cm³/mol. The van der Waals surface area contributed by atoms with Gasteiger partial charge in [-0.1, -0.05) is 11.3 Å². The van der Waals surface area contributed by atoms with Crippen molar-refractivity contribution in [1.82, 2.24) is 9.88 Å². The highest BCUT2D eigenvalue weighted by Crippen LogP contribution is 2.29. The molecule has 1 N–H and O–H groups in total. The van der Waals surface area contributed by atoms with Gasteiger partial charge in [-0.15, -0.1) is 0 Å². The van der Waals surface area contributed by atoms with E-state index in [9.17, 15) is 18.4 Å². The van der Waals surface area contributed by atoms with Crippen LogP contribution in [0.3, 0.4) is 0 Å². The number of halogens is 2. The summed E-state index contributed by atoms with van der Waals surface area (Å²) in [7, 11) is 0. The number of carbonyl (C=O) groups is 2. The molecule has 1 atom stereocenters. The normalized spacial score (nSPS) is 17.6. The monoisotopic (exact) mass is 369 g/mol. The van der Waals surface area contributed by atoms with Crippen molar-refractivity contribution in [1.29, 1.82) is 0 Å². The van der Waals surface area contributed by atoms with Crippen LogP contribution >= 0.6 is 11.3 Å². The van der Waals surface area contributed by atoms with Crippen LogP contribution < -0.4 is 5.32 Å². The number of fused-ring (bicyclic) bond motifs is 1. The standard InChI is InChI=1S/C16H17F2N3O3S/c1-2-24-14(22)9-4-3-5-21(8-9)16(23)20-15-19-13-11(18)6-10(17)7-12(13)25-15/h6-7,9H,2-5,8H2,1H3,(H,19,20,23). The number of esters is 1. The minimum absolute atomic E-state index is 0.0183. The average Bonchev–Trinajstić information content (AvgIpc) is 2.98. The number of nitrogens with zero attached hydrogens (tertiary/aromatic N) is 2. The zero-order valence-electron chi connectivity index (χ0n) is 13.6. The molecule has 2 amide bonds. The van der Waals surface area contributed by atoms with E-state index in [2.05, 4.69) is 10.3 Å². The van der Waals surface area contributed by atoms with Gasteiger partial charge in [-0.2, -0.15) is 0 Å². The molecule has 1 saturated heterocycles. The van der Waals surface area contributed by atoms with Crippen molar-refractivity contribution in [3.63, 3.8) is 0 Å². The number of rotatable bonds is 3. The van der Waals surface area contributed by atoms with Crippen LogP contribution in [-0.2, 0) is 9.53 Å². The molecule has 6 nitrogen and oxygen atoms in total. The zero-order chi connectivity index (χ0) is 18.0. The Morgan fingerprint density at radius 1 is 1.44 bits per heavy atom. The molecule has 2 heterocycles. The number of aromatic nitrogens is 1. The van der Waals surface area contributed by atoms with E-state index in [0.29, 0.717) is 30.7 Å². The topological polar surface area (TPSA) is 71.5 Å². The van der Waals surface area contributed by atoms with Gasteiger partial charge < -0.3 is 9.64 Å². The van der Waals surface area contributed by atoms with Crippen LogP contribution in [0.5, 0.6) is 0 Å². The van der Waals surface area contributed by atoms with Gasteiger partial charge in [0.15, 0.2) is 10.9 Å². The maximum absolute atomic E-state index is 13.7. The van der Waals surface area contributed by atoms with E-state index in [1.807, 2.05) is 0 Å². The Morgan fingerprint density at radius 2 is 2.24 bits per heavy atom. The molecule has 0 aliphatic carbocycles. The summed E-state index contributed by atoms with van der Waals surface area (Å²) < 4.78 is 32.3. The van der Waals surface area contributed by atoms with Gasteiger partial charge in [0.05, 0.1) is 17.2 Å². The number of piperidine rings is 1. The lowest BCUT2D eigenvalue weighted by molar-refractivity contribution is -0.149. The van der Waals surface area contributed by atoms with Crippen LogP contribution in [0, 0.1) is 17.6 Å². The fourth-order valence-electron chi connectivity index (χ4n) is 2.80. The first-order valence-electron chi connectivity index (χ1n) is 7.96. The molecule has 0 radical (unpaired) electrons. The number of amides is 2. The highest BCUT2D eigenvalue weighted by atomic mass is 32.1. The van der Waals surface area contributed by atoms with Gasteiger partial charge in [0.1, 0.15) is 11.3 Å². The molecule has 25 heavy (non-hydrogen) atoms. The minimum Gasteiger partial charge on any atom is -0.466 e. The molecule has 1 fully saturated rings. The summed E-state index contributed by atoms with van der Waals surface area (Å²) in [4.78, 5) is 29.7. The molecule has 1 aliphatic heterocycles. The van der Waals surface area contributed by atoms with E-state index >= 15 is 0 Å². The Kier molecular flexibility index (Phi) is 5.12. The van der Waals surface area contributed by atoms with Crippen molar-refractivity contribution in [2.75, 3.05) is 25.0 Å². The van der Waals surface area contributed by atoms with Gasteiger partial charge in [-0.3, -0.25) is 10.1 Å². The van der Waals surface area contributed by atoms with E-state index in [4.69, 9.17) is 4.74 Å². The molecule has 9 heteroatoms. The highest BCUT2D eigenvalue weighted by Gasteiger charge is 2.29. The Labute approximate surface area is 146 Å². The third-order valence-electron chi connectivity index (χ3n) is 3.96. The number of ether oxygens (including phenoxy) is 1. The van der Waals surface area contributed by atoms with Gasteiger partial charge in [0.25, 0.3) is 0 Å². The summed E-state index contributed by atoms with van der Waals surface area (Å²) in [6.07, 6.45) is 1.37. The van der Waals surface area contributed by atoms with Crippen LogP contribution in [0.4, 0.5) is 18.7 Å². The second-order valence-electron chi connectivity index (χ2n) is 5.72. The minimum atomic E-state index is -0.771. The number of hydrogen-bond donors (Lipinski definition) is 1. The fourth-order valence-corrected chi connectivity index (χ4v) is 3.69. The number of benzene rings is 1. The second kappa shape index (κ2) is 7.30. The van der Waals surface area contributed by atoms with Crippen molar-refractivity contribution in [2.45, 2.75) is 19.8 Å². The summed E-state index contributed by atoms with van der Waals surface area (Å²) in [6.45, 7) is 2.81. The third-order valence-corrected chi connectivity index (χ3v) is 4.87. The largest absolute Gasteiger partial charge is 0.466 e. The van der Waals surface area contributed by atoms with Gasteiger partial charge >= 0.3 is 12.0 Å². The molecule has 1 aromatic heterocycles. The van der Waals surface area contributed by atoms with Crippen molar-refractivity contribution in [3.05, 3.63) is 23.8 Å². The Balaban J connectivity index is 1.69. The molecular formula is C16H17F2N3O3S. The Bertz CT molecular complexity index is 811. The van der Waals surface area contributed by atoms with E-state index in [-0.39, 0.29) is 29.1 Å². The predicted octanol–water partition coefficient (Wildman–Crippen LogP) is 3.38. The molecule has 1 aromatic carbocycles. The van der Waals surface area contributed by atoms with Crippen molar-refractivity contribution in [3.8, 4) is 0 Å². The number of hydrogen-bond acceptors (Lipinski definition) is 5. The van der Waals surface area contributed by atoms with Gasteiger partial charge in [-0.05, 0) is 25.8 Å². The smallest absolute Gasteiger partial charge is 0.323 e. The van der Waals surface area contributed by atoms with Crippen molar-refractivity contribution in [2.24, 2.45) is 5.92 Å². The Hall–Kier alpha value is -2.29. The molecule has 0 bridgehead atoms. The molecule has 1 unspecified atom stereocenters. The van der Waals surface area contributed by atoms with Crippen LogP contribution in [0.1, 0.15) is 19.8 Å². The van der Waals surface area contributed by atoms with Crippen LogP contribution in [-0.4, -0.2) is 41.6 Å². The molecule has 1 aliphatic rings. The molecule has 0 spiro atoms. The average molecular weight is 369 g/mol. The molecule has 134 valence electrons. The van der Waals surface area contributed by atoms with E-state index in [1.165, 1.54) is 11.0 Å². The van der Waals surface area contributed by atoms with Gasteiger partial charge in [0.2, 0.25) is 0 Å². The number of thiazole rings is 1. The number of carbonyl (C=O) groups excluding carboxylic acids is 2. The maximum Gasteiger partial charge on any atom is 0.323 e. The molecule has 2 aromatic rings. The number of urea groups is 1.